The fourth-order valence-corrected chi connectivity index (χ4v) is 4.10. The molecule has 2 aliphatic rings. The number of ketones is 1. The molecule has 0 N–H and O–H groups in total. The molecule has 29 heavy (non-hydrogen) atoms. The molecule has 2 aromatic carbocycles. The topological polar surface area (TPSA) is 43.7 Å². The first-order valence-corrected chi connectivity index (χ1v) is 10.1. The van der Waals surface area contributed by atoms with E-state index in [9.17, 15) is 4.79 Å². The van der Waals surface area contributed by atoms with Gasteiger partial charge in [-0.15, -0.1) is 0 Å². The summed E-state index contributed by atoms with van der Waals surface area (Å²) in [5.74, 6) is 1.74. The molecule has 0 bridgehead atoms. The van der Waals surface area contributed by atoms with E-state index < -0.39 is 0 Å². The molecule has 3 heterocycles. The van der Waals surface area contributed by atoms with Crippen LogP contribution in [0, 0.1) is 0 Å². The molecular formula is C24H24N2O3. The number of para-hydroxylation sites is 1. The van der Waals surface area contributed by atoms with E-state index in [2.05, 4.69) is 48.6 Å². The third kappa shape index (κ3) is 2.85. The molecule has 0 radical (unpaired) electrons. The van der Waals surface area contributed by atoms with Crippen LogP contribution in [0.4, 0.5) is 0 Å². The van der Waals surface area contributed by atoms with Gasteiger partial charge in [0, 0.05) is 41.8 Å². The summed E-state index contributed by atoms with van der Waals surface area (Å²) in [6, 6.07) is 12.3. The number of hydrogen-bond acceptors (Lipinski definition) is 4. The lowest BCUT2D eigenvalue weighted by atomic mass is 10.0. The van der Waals surface area contributed by atoms with Crippen molar-refractivity contribution in [2.24, 2.45) is 0 Å². The van der Waals surface area contributed by atoms with Gasteiger partial charge < -0.3 is 14.0 Å². The first kappa shape index (κ1) is 18.0. The molecule has 0 spiro atoms. The summed E-state index contributed by atoms with van der Waals surface area (Å²) in [4.78, 5) is 15.3. The van der Waals surface area contributed by atoms with Gasteiger partial charge in [-0.05, 0) is 45.0 Å². The van der Waals surface area contributed by atoms with Gasteiger partial charge in [-0.3, -0.25) is 9.69 Å². The summed E-state index contributed by atoms with van der Waals surface area (Å²) in [5.41, 5.74) is 3.72. The van der Waals surface area contributed by atoms with Gasteiger partial charge in [0.25, 0.3) is 0 Å². The highest BCUT2D eigenvalue weighted by Gasteiger charge is 2.34. The molecule has 0 unspecified atom stereocenters. The minimum Gasteiger partial charge on any atom is -0.478 e. The highest BCUT2D eigenvalue weighted by atomic mass is 16.5. The zero-order valence-electron chi connectivity index (χ0n) is 16.9. The van der Waals surface area contributed by atoms with Crippen LogP contribution in [-0.2, 0) is 13.1 Å². The number of allylic oxidation sites excluding steroid dienone is 1. The molecule has 0 saturated carbocycles. The summed E-state index contributed by atoms with van der Waals surface area (Å²) in [6.45, 7) is 8.52. The third-order valence-electron chi connectivity index (χ3n) is 5.82. The maximum atomic E-state index is 13.1. The fraction of sp³-hybridized carbons (Fsp3) is 0.292. The highest BCUT2D eigenvalue weighted by molar-refractivity contribution is 6.15. The standard InChI is InChI=1S/C24H24N2O3/c1-4-25-12-16(17-7-5-6-8-20(17)25)11-22-23(27)18-9-10-21-19(24(18)29-22)13-26(14-28-21)15(2)3/h5-12,15H,4,13-14H2,1-3H3/b22-11+. The van der Waals surface area contributed by atoms with Crippen molar-refractivity contribution in [3.05, 3.63) is 65.0 Å². The van der Waals surface area contributed by atoms with Crippen LogP contribution in [0.5, 0.6) is 11.5 Å². The van der Waals surface area contributed by atoms with Crippen LogP contribution in [-0.4, -0.2) is 28.0 Å². The van der Waals surface area contributed by atoms with Gasteiger partial charge in [0.1, 0.15) is 18.2 Å². The van der Waals surface area contributed by atoms with E-state index in [1.54, 1.807) is 0 Å². The van der Waals surface area contributed by atoms with Crippen LogP contribution in [0.2, 0.25) is 0 Å². The smallest absolute Gasteiger partial charge is 0.231 e. The van der Waals surface area contributed by atoms with E-state index in [-0.39, 0.29) is 5.78 Å². The normalized spacial score (nSPS) is 17.5. The number of rotatable bonds is 3. The minimum atomic E-state index is -0.0715. The predicted octanol–water partition coefficient (Wildman–Crippen LogP) is 4.84. The van der Waals surface area contributed by atoms with E-state index in [0.717, 1.165) is 34.3 Å². The second-order valence-corrected chi connectivity index (χ2v) is 7.86. The van der Waals surface area contributed by atoms with E-state index in [1.807, 2.05) is 30.3 Å². The zero-order valence-corrected chi connectivity index (χ0v) is 16.9. The lowest BCUT2D eigenvalue weighted by Crippen LogP contribution is -2.37. The molecule has 2 aliphatic heterocycles. The number of aromatic nitrogens is 1. The van der Waals surface area contributed by atoms with Gasteiger partial charge in [0.2, 0.25) is 5.78 Å². The Morgan fingerprint density at radius 2 is 2.00 bits per heavy atom. The Morgan fingerprint density at radius 1 is 1.17 bits per heavy atom. The van der Waals surface area contributed by atoms with Crippen LogP contribution in [0.3, 0.4) is 0 Å². The average Bonchev–Trinajstić information content (AvgIpc) is 3.26. The van der Waals surface area contributed by atoms with Crippen molar-refractivity contribution in [3.63, 3.8) is 0 Å². The molecule has 0 aliphatic carbocycles. The van der Waals surface area contributed by atoms with Crippen molar-refractivity contribution in [2.75, 3.05) is 6.73 Å². The Hall–Kier alpha value is -3.05. The highest BCUT2D eigenvalue weighted by Crippen LogP contribution is 2.42. The van der Waals surface area contributed by atoms with Crippen molar-refractivity contribution in [1.82, 2.24) is 9.47 Å². The van der Waals surface area contributed by atoms with E-state index in [4.69, 9.17) is 9.47 Å². The molecule has 0 amide bonds. The summed E-state index contributed by atoms with van der Waals surface area (Å²) >= 11 is 0. The van der Waals surface area contributed by atoms with Crippen molar-refractivity contribution < 1.29 is 14.3 Å². The van der Waals surface area contributed by atoms with Crippen LogP contribution in [0.1, 0.15) is 42.3 Å². The Kier molecular flexibility index (Phi) is 4.21. The number of aryl methyl sites for hydroxylation is 1. The molecule has 148 valence electrons. The van der Waals surface area contributed by atoms with E-state index in [0.29, 0.717) is 36.4 Å². The first-order valence-electron chi connectivity index (χ1n) is 10.1. The van der Waals surface area contributed by atoms with Crippen LogP contribution >= 0.6 is 0 Å². The first-order chi connectivity index (χ1) is 14.1. The molecule has 5 heteroatoms. The molecule has 0 atom stereocenters. The largest absolute Gasteiger partial charge is 0.478 e. The number of hydrogen-bond donors (Lipinski definition) is 0. The molecule has 1 aromatic heterocycles. The number of ether oxygens (including phenoxy) is 2. The van der Waals surface area contributed by atoms with E-state index >= 15 is 0 Å². The molecule has 0 saturated heterocycles. The van der Waals surface area contributed by atoms with Gasteiger partial charge in [-0.2, -0.15) is 0 Å². The Labute approximate surface area is 170 Å². The maximum Gasteiger partial charge on any atom is 0.231 e. The SMILES string of the molecule is CCn1cc(/C=C2/Oc3c(ccc4c3CN(C(C)C)CO4)C2=O)c2ccccc21. The number of carbonyl (C=O) groups is 1. The Bertz CT molecular complexity index is 1160. The second kappa shape index (κ2) is 6.78. The van der Waals surface area contributed by atoms with Crippen LogP contribution in [0.25, 0.3) is 17.0 Å². The number of Topliss-reactive ketones (excluding diaryl/α,β-unsaturated/α-hetero) is 1. The van der Waals surface area contributed by atoms with Crippen molar-refractivity contribution in [2.45, 2.75) is 39.9 Å². The molecule has 3 aromatic rings. The summed E-state index contributed by atoms with van der Waals surface area (Å²) in [5, 5.41) is 1.12. The van der Waals surface area contributed by atoms with Crippen molar-refractivity contribution in [3.8, 4) is 11.5 Å². The van der Waals surface area contributed by atoms with Gasteiger partial charge >= 0.3 is 0 Å². The Morgan fingerprint density at radius 3 is 2.79 bits per heavy atom. The predicted molar refractivity (Wildman–Crippen MR) is 113 cm³/mol. The minimum absolute atomic E-state index is 0.0715. The van der Waals surface area contributed by atoms with Gasteiger partial charge in [0.15, 0.2) is 5.76 Å². The summed E-state index contributed by atoms with van der Waals surface area (Å²) in [7, 11) is 0. The number of fused-ring (bicyclic) bond motifs is 4. The van der Waals surface area contributed by atoms with Crippen LogP contribution < -0.4 is 9.47 Å². The zero-order chi connectivity index (χ0) is 20.1. The molecule has 5 nitrogen and oxygen atoms in total. The number of carbonyl (C=O) groups excluding carboxylic acids is 1. The number of benzene rings is 2. The van der Waals surface area contributed by atoms with Gasteiger partial charge in [-0.1, -0.05) is 18.2 Å². The monoisotopic (exact) mass is 388 g/mol. The molecule has 0 fully saturated rings. The van der Waals surface area contributed by atoms with Gasteiger partial charge in [0.05, 0.1) is 11.1 Å². The number of nitrogens with zero attached hydrogens (tertiary/aromatic N) is 2. The lowest BCUT2D eigenvalue weighted by molar-refractivity contribution is 0.0674. The quantitative estimate of drug-likeness (QED) is 0.603. The van der Waals surface area contributed by atoms with E-state index in [1.165, 1.54) is 0 Å². The molecule has 5 rings (SSSR count). The summed E-state index contributed by atoms with van der Waals surface area (Å²) in [6.07, 6.45) is 3.95. The molecular weight excluding hydrogens is 364 g/mol. The Balaban J connectivity index is 1.56. The summed E-state index contributed by atoms with van der Waals surface area (Å²) < 4.78 is 14.2. The maximum absolute atomic E-state index is 13.1. The van der Waals surface area contributed by atoms with Gasteiger partial charge in [-0.25, -0.2) is 0 Å². The van der Waals surface area contributed by atoms with Crippen LogP contribution in [0.15, 0.2) is 48.4 Å². The second-order valence-electron chi connectivity index (χ2n) is 7.86. The van der Waals surface area contributed by atoms with Crippen molar-refractivity contribution >= 4 is 22.8 Å². The average molecular weight is 388 g/mol. The van der Waals surface area contributed by atoms with Crippen molar-refractivity contribution in [1.29, 1.82) is 0 Å². The fourth-order valence-electron chi connectivity index (χ4n) is 4.10. The lowest BCUT2D eigenvalue weighted by Gasteiger charge is -2.32. The third-order valence-corrected chi connectivity index (χ3v) is 5.82.